The lowest BCUT2D eigenvalue weighted by atomic mass is 9.86. The second-order valence-electron chi connectivity index (χ2n) is 10.2. The van der Waals surface area contributed by atoms with Gasteiger partial charge in [-0.25, -0.2) is 17.6 Å². The number of halogens is 1. The maximum absolute atomic E-state index is 15.0. The first-order valence-electron chi connectivity index (χ1n) is 12.3. The summed E-state index contributed by atoms with van der Waals surface area (Å²) < 4.78 is 47.7. The fraction of sp³-hybridized carbons (Fsp3) is 0.481. The number of hydrogen-bond donors (Lipinski definition) is 2. The van der Waals surface area contributed by atoms with Crippen LogP contribution in [0.15, 0.2) is 47.4 Å². The average Bonchev–Trinajstić information content (AvgIpc) is 2.85. The lowest BCUT2D eigenvalue weighted by molar-refractivity contribution is -0.131. The van der Waals surface area contributed by atoms with E-state index >= 15 is 4.39 Å². The van der Waals surface area contributed by atoms with Gasteiger partial charge in [-0.1, -0.05) is 26.0 Å². The van der Waals surface area contributed by atoms with Crippen LogP contribution < -0.4 is 10.1 Å². The zero-order valence-corrected chi connectivity index (χ0v) is 22.5. The Morgan fingerprint density at radius 1 is 1.16 bits per heavy atom. The average molecular weight is 535 g/mol. The highest BCUT2D eigenvalue weighted by Gasteiger charge is 2.38. The maximum Gasteiger partial charge on any atom is 0.335 e. The van der Waals surface area contributed by atoms with Crippen molar-refractivity contribution in [3.8, 4) is 5.75 Å². The van der Waals surface area contributed by atoms with Gasteiger partial charge in [0.1, 0.15) is 11.9 Å². The number of carbonyl (C=O) groups excluding carboxylic acids is 1. The first-order valence-corrected chi connectivity index (χ1v) is 13.7. The molecule has 8 nitrogen and oxygen atoms in total. The van der Waals surface area contributed by atoms with Crippen molar-refractivity contribution in [2.45, 2.75) is 64.1 Å². The third-order valence-corrected chi connectivity index (χ3v) is 8.60. The number of piperidine rings is 1. The molecule has 2 N–H and O–H groups in total. The third-order valence-electron chi connectivity index (χ3n) is 6.72. The number of carbonyl (C=O) groups is 2. The molecule has 0 radical (unpaired) electrons. The van der Waals surface area contributed by atoms with Crippen molar-refractivity contribution in [3.05, 3.63) is 59.2 Å². The van der Waals surface area contributed by atoms with Crippen molar-refractivity contribution in [1.29, 1.82) is 0 Å². The van der Waals surface area contributed by atoms with Crippen LogP contribution in [0, 0.1) is 19.3 Å². The highest BCUT2D eigenvalue weighted by Crippen LogP contribution is 2.27. The Balaban J connectivity index is 1.51. The molecule has 0 unspecified atom stereocenters. The molecule has 2 aromatic rings. The zero-order chi connectivity index (χ0) is 27.4. The summed E-state index contributed by atoms with van der Waals surface area (Å²) in [6.45, 7) is 7.68. The van der Waals surface area contributed by atoms with E-state index in [2.05, 4.69) is 5.32 Å². The van der Waals surface area contributed by atoms with E-state index in [4.69, 9.17) is 9.84 Å². The first-order chi connectivity index (χ1) is 17.3. The lowest BCUT2D eigenvalue weighted by Gasteiger charge is -2.36. The molecule has 1 amide bonds. The van der Waals surface area contributed by atoms with Gasteiger partial charge in [0.05, 0.1) is 23.1 Å². The number of aromatic carboxylic acids is 1. The molecular weight excluding hydrogens is 499 g/mol. The summed E-state index contributed by atoms with van der Waals surface area (Å²) in [7, 11) is -3.99. The molecule has 2 aromatic carbocycles. The van der Waals surface area contributed by atoms with E-state index in [-0.39, 0.29) is 29.3 Å². The van der Waals surface area contributed by atoms with Crippen molar-refractivity contribution >= 4 is 21.9 Å². The molecule has 1 heterocycles. The molecule has 0 bridgehead atoms. The van der Waals surface area contributed by atoms with Gasteiger partial charge < -0.3 is 15.2 Å². The molecule has 1 aliphatic heterocycles. The van der Waals surface area contributed by atoms with Crippen LogP contribution in [-0.4, -0.2) is 61.6 Å². The zero-order valence-electron chi connectivity index (χ0n) is 21.7. The molecule has 0 saturated carbocycles. The summed E-state index contributed by atoms with van der Waals surface area (Å²) >= 11 is 0. The molecule has 10 heteroatoms. The Morgan fingerprint density at radius 3 is 2.46 bits per heavy atom. The molecule has 2 atom stereocenters. The van der Waals surface area contributed by atoms with Gasteiger partial charge in [-0.05, 0) is 74.6 Å². The fourth-order valence-corrected chi connectivity index (χ4v) is 5.68. The summed E-state index contributed by atoms with van der Waals surface area (Å²) in [4.78, 5) is 23.8. The predicted molar refractivity (Wildman–Crippen MR) is 138 cm³/mol. The van der Waals surface area contributed by atoms with Crippen LogP contribution in [0.1, 0.15) is 54.6 Å². The molecular formula is C27H35FN2O6S. The van der Waals surface area contributed by atoms with Gasteiger partial charge in [0.15, 0.2) is 0 Å². The van der Waals surface area contributed by atoms with Crippen molar-refractivity contribution < 1.29 is 32.2 Å². The number of hydrogen-bond acceptors (Lipinski definition) is 5. The molecule has 1 saturated heterocycles. The minimum atomic E-state index is -3.99. The van der Waals surface area contributed by atoms with Gasteiger partial charge in [0, 0.05) is 18.5 Å². The van der Waals surface area contributed by atoms with Gasteiger partial charge in [-0.2, -0.15) is 4.31 Å². The standard InChI is InChI=1S/C27H35FN2O6S/c1-18-6-7-19(2)24(16-18)36-15-5-13-27(3,4)26(33)29-23-12-14-30(17-22(23)28)37(34,35)21-10-8-20(9-11-21)25(31)32/h6-11,16,22-23H,5,12-15,17H2,1-4H3,(H,29,33)(H,31,32)/t22-,23-/m1/s1. The van der Waals surface area contributed by atoms with Crippen LogP contribution in [0.25, 0.3) is 0 Å². The Bertz CT molecular complexity index is 1230. The SMILES string of the molecule is Cc1ccc(C)c(OCCCC(C)(C)C(=O)N[C@@H]2CCN(S(=O)(=O)c3ccc(C(=O)O)cc3)C[C@H]2F)c1. The molecule has 0 aromatic heterocycles. The minimum Gasteiger partial charge on any atom is -0.493 e. The number of alkyl halides is 1. The number of carboxylic acid groups (broad SMARTS) is 1. The summed E-state index contributed by atoms with van der Waals surface area (Å²) in [6, 6.07) is 10.0. The summed E-state index contributed by atoms with van der Waals surface area (Å²) in [6.07, 6.45) is -0.260. The molecule has 0 spiro atoms. The Kier molecular flexibility index (Phi) is 8.96. The topological polar surface area (TPSA) is 113 Å². The van der Waals surface area contributed by atoms with Crippen LogP contribution in [0.4, 0.5) is 4.39 Å². The summed E-state index contributed by atoms with van der Waals surface area (Å²) in [5, 5.41) is 11.8. The van der Waals surface area contributed by atoms with Gasteiger partial charge in [-0.3, -0.25) is 4.79 Å². The van der Waals surface area contributed by atoms with Gasteiger partial charge in [-0.15, -0.1) is 0 Å². The van der Waals surface area contributed by atoms with Crippen molar-refractivity contribution in [2.75, 3.05) is 19.7 Å². The molecule has 1 aliphatic rings. The van der Waals surface area contributed by atoms with Crippen LogP contribution in [-0.2, 0) is 14.8 Å². The molecule has 3 rings (SSSR count). The van der Waals surface area contributed by atoms with E-state index < -0.39 is 40.2 Å². The number of nitrogens with zero attached hydrogens (tertiary/aromatic N) is 1. The lowest BCUT2D eigenvalue weighted by Crippen LogP contribution is -2.55. The van der Waals surface area contributed by atoms with Gasteiger partial charge >= 0.3 is 5.97 Å². The first kappa shape index (κ1) is 28.6. The Morgan fingerprint density at radius 2 is 1.84 bits per heavy atom. The van der Waals surface area contributed by atoms with E-state index in [1.807, 2.05) is 32.0 Å². The molecule has 1 fully saturated rings. The summed E-state index contributed by atoms with van der Waals surface area (Å²) in [5.74, 6) is -0.629. The number of amides is 1. The minimum absolute atomic E-state index is 0.0387. The third kappa shape index (κ3) is 7.07. The fourth-order valence-electron chi connectivity index (χ4n) is 4.21. The number of sulfonamides is 1. The predicted octanol–water partition coefficient (Wildman–Crippen LogP) is 4.10. The number of aryl methyl sites for hydroxylation is 2. The van der Waals surface area contributed by atoms with E-state index in [0.29, 0.717) is 19.4 Å². The Labute approximate surface area is 217 Å². The second-order valence-corrected chi connectivity index (χ2v) is 12.1. The largest absolute Gasteiger partial charge is 0.493 e. The molecule has 202 valence electrons. The van der Waals surface area contributed by atoms with E-state index in [0.717, 1.165) is 21.2 Å². The highest BCUT2D eigenvalue weighted by molar-refractivity contribution is 7.89. The van der Waals surface area contributed by atoms with Crippen LogP contribution in [0.3, 0.4) is 0 Å². The quantitative estimate of drug-likeness (QED) is 0.444. The molecule has 0 aliphatic carbocycles. The van der Waals surface area contributed by atoms with E-state index in [9.17, 15) is 18.0 Å². The highest BCUT2D eigenvalue weighted by atomic mass is 32.2. The summed E-state index contributed by atoms with van der Waals surface area (Å²) in [5.41, 5.74) is 1.36. The van der Waals surface area contributed by atoms with Crippen LogP contribution >= 0.6 is 0 Å². The van der Waals surface area contributed by atoms with Crippen LogP contribution in [0.5, 0.6) is 5.75 Å². The number of nitrogens with one attached hydrogen (secondary N) is 1. The number of ether oxygens (including phenoxy) is 1. The number of carboxylic acids is 1. The Hall–Kier alpha value is -2.98. The number of benzene rings is 2. The monoisotopic (exact) mass is 534 g/mol. The smallest absolute Gasteiger partial charge is 0.335 e. The van der Waals surface area contributed by atoms with Crippen molar-refractivity contribution in [2.24, 2.45) is 5.41 Å². The molecule has 37 heavy (non-hydrogen) atoms. The van der Waals surface area contributed by atoms with E-state index in [1.54, 1.807) is 13.8 Å². The number of rotatable bonds is 10. The van der Waals surface area contributed by atoms with Crippen molar-refractivity contribution in [1.82, 2.24) is 9.62 Å². The maximum atomic E-state index is 15.0. The normalized spacial score (nSPS) is 18.8. The second kappa shape index (κ2) is 11.6. The van der Waals surface area contributed by atoms with Gasteiger partial charge in [0.25, 0.3) is 0 Å². The van der Waals surface area contributed by atoms with Crippen molar-refractivity contribution in [3.63, 3.8) is 0 Å². The van der Waals surface area contributed by atoms with E-state index in [1.165, 1.54) is 24.3 Å². The van der Waals surface area contributed by atoms with Crippen LogP contribution in [0.2, 0.25) is 0 Å². The van der Waals surface area contributed by atoms with Gasteiger partial charge in [0.2, 0.25) is 15.9 Å².